The van der Waals surface area contributed by atoms with Crippen LogP contribution >= 0.6 is 11.6 Å². The van der Waals surface area contributed by atoms with Crippen molar-refractivity contribution in [2.45, 2.75) is 13.5 Å². The molecule has 26 heavy (non-hydrogen) atoms. The van der Waals surface area contributed by atoms with E-state index in [2.05, 4.69) is 20.4 Å². The van der Waals surface area contributed by atoms with E-state index in [0.717, 1.165) is 11.0 Å². The summed E-state index contributed by atoms with van der Waals surface area (Å²) in [7, 11) is 0. The molecule has 0 radical (unpaired) electrons. The van der Waals surface area contributed by atoms with Gasteiger partial charge in [-0.05, 0) is 25.1 Å². The predicted octanol–water partition coefficient (Wildman–Crippen LogP) is 4.11. The zero-order valence-electron chi connectivity index (χ0n) is 13.9. The van der Waals surface area contributed by atoms with Crippen LogP contribution < -0.4 is 5.32 Å². The fourth-order valence-corrected chi connectivity index (χ4v) is 3.04. The van der Waals surface area contributed by atoms with Gasteiger partial charge in [0, 0.05) is 5.56 Å². The third-order valence-corrected chi connectivity index (χ3v) is 4.40. The number of nitrogens with one attached hydrogen (secondary N) is 2. The number of halogens is 1. The average Bonchev–Trinajstić information content (AvgIpc) is 3.23. The van der Waals surface area contributed by atoms with Crippen LogP contribution in [0.15, 0.2) is 53.1 Å². The molecule has 6 nitrogen and oxygen atoms in total. The second kappa shape index (κ2) is 6.65. The number of para-hydroxylation sites is 2. The van der Waals surface area contributed by atoms with Crippen molar-refractivity contribution in [3.05, 3.63) is 70.7 Å². The highest BCUT2D eigenvalue weighted by molar-refractivity contribution is 6.33. The molecule has 0 saturated carbocycles. The van der Waals surface area contributed by atoms with Gasteiger partial charge in [0.05, 0.1) is 22.6 Å². The molecule has 2 aromatic heterocycles. The molecule has 0 fully saturated rings. The van der Waals surface area contributed by atoms with E-state index < -0.39 is 0 Å². The summed E-state index contributed by atoms with van der Waals surface area (Å²) in [5.74, 6) is 0.814. The van der Waals surface area contributed by atoms with Crippen LogP contribution in [-0.2, 0) is 6.54 Å². The highest BCUT2D eigenvalue weighted by Crippen LogP contribution is 2.30. The second-order valence-corrected chi connectivity index (χ2v) is 6.23. The molecule has 0 atom stereocenters. The Labute approximate surface area is 154 Å². The van der Waals surface area contributed by atoms with Gasteiger partial charge < -0.3 is 14.8 Å². The molecule has 0 unspecified atom stereocenters. The Morgan fingerprint density at radius 2 is 1.96 bits per heavy atom. The first-order valence-corrected chi connectivity index (χ1v) is 8.44. The number of aromatic nitrogens is 3. The predicted molar refractivity (Wildman–Crippen MR) is 98.9 cm³/mol. The minimum atomic E-state index is -0.292. The first-order valence-electron chi connectivity index (χ1n) is 8.06. The van der Waals surface area contributed by atoms with Gasteiger partial charge in [-0.1, -0.05) is 47.1 Å². The minimum Gasteiger partial charge on any atom is -0.360 e. The summed E-state index contributed by atoms with van der Waals surface area (Å²) in [5.41, 5.74) is 3.23. The van der Waals surface area contributed by atoms with Gasteiger partial charge in [-0.25, -0.2) is 4.98 Å². The number of carbonyl (C=O) groups excluding carboxylic acids is 1. The quantitative estimate of drug-likeness (QED) is 0.569. The van der Waals surface area contributed by atoms with E-state index in [9.17, 15) is 4.79 Å². The Bertz CT molecular complexity index is 1070. The normalized spacial score (nSPS) is 11.0. The van der Waals surface area contributed by atoms with Crippen LogP contribution in [0.2, 0.25) is 5.02 Å². The van der Waals surface area contributed by atoms with Gasteiger partial charge in [-0.2, -0.15) is 0 Å². The summed E-state index contributed by atoms with van der Waals surface area (Å²) >= 11 is 6.23. The van der Waals surface area contributed by atoms with Gasteiger partial charge in [0.25, 0.3) is 5.91 Å². The summed E-state index contributed by atoms with van der Waals surface area (Å²) < 4.78 is 5.23. The average molecular weight is 367 g/mol. The molecule has 0 saturated heterocycles. The standard InChI is InChI=1S/C19H15ClN4O2/c1-11-17(18(24-26-11)12-6-2-3-7-13(12)20)19(25)21-10-16-22-14-8-4-5-9-15(14)23-16/h2-9H,10H2,1H3,(H,21,25)(H,22,23). The molecule has 7 heteroatoms. The number of aryl methyl sites for hydroxylation is 1. The lowest BCUT2D eigenvalue weighted by molar-refractivity contribution is 0.0949. The number of imidazole rings is 1. The molecule has 0 aliphatic carbocycles. The van der Waals surface area contributed by atoms with Crippen LogP contribution in [0.4, 0.5) is 0 Å². The molecular formula is C19H15ClN4O2. The molecule has 4 aromatic rings. The van der Waals surface area contributed by atoms with Crippen LogP contribution in [0.1, 0.15) is 21.9 Å². The molecule has 4 rings (SSSR count). The number of fused-ring (bicyclic) bond motifs is 1. The summed E-state index contributed by atoms with van der Waals surface area (Å²) in [5, 5.41) is 7.38. The molecule has 2 N–H and O–H groups in total. The summed E-state index contributed by atoms with van der Waals surface area (Å²) in [6, 6.07) is 14.9. The van der Waals surface area contributed by atoms with Gasteiger partial charge in [0.15, 0.2) is 0 Å². The number of benzene rings is 2. The largest absolute Gasteiger partial charge is 0.360 e. The third kappa shape index (κ3) is 2.95. The summed E-state index contributed by atoms with van der Waals surface area (Å²) in [4.78, 5) is 20.4. The number of rotatable bonds is 4. The highest BCUT2D eigenvalue weighted by Gasteiger charge is 2.23. The highest BCUT2D eigenvalue weighted by atomic mass is 35.5. The number of aromatic amines is 1. The third-order valence-electron chi connectivity index (χ3n) is 4.07. The van der Waals surface area contributed by atoms with E-state index in [0.29, 0.717) is 33.4 Å². The molecule has 0 bridgehead atoms. The van der Waals surface area contributed by atoms with Crippen molar-refractivity contribution in [2.24, 2.45) is 0 Å². The maximum absolute atomic E-state index is 12.7. The van der Waals surface area contributed by atoms with E-state index >= 15 is 0 Å². The van der Waals surface area contributed by atoms with E-state index in [-0.39, 0.29) is 12.5 Å². The van der Waals surface area contributed by atoms with E-state index in [1.165, 1.54) is 0 Å². The molecule has 1 amide bonds. The lowest BCUT2D eigenvalue weighted by Crippen LogP contribution is -2.24. The van der Waals surface area contributed by atoms with Crippen molar-refractivity contribution >= 4 is 28.5 Å². The fraction of sp³-hybridized carbons (Fsp3) is 0.105. The number of carbonyl (C=O) groups is 1. The van der Waals surface area contributed by atoms with Gasteiger partial charge in [-0.15, -0.1) is 0 Å². The van der Waals surface area contributed by atoms with E-state index in [4.69, 9.17) is 16.1 Å². The lowest BCUT2D eigenvalue weighted by Gasteiger charge is -2.05. The molecule has 2 aromatic carbocycles. The van der Waals surface area contributed by atoms with E-state index in [1.807, 2.05) is 36.4 Å². The van der Waals surface area contributed by atoms with Crippen molar-refractivity contribution in [1.82, 2.24) is 20.4 Å². The van der Waals surface area contributed by atoms with Crippen molar-refractivity contribution < 1.29 is 9.32 Å². The molecular weight excluding hydrogens is 352 g/mol. The smallest absolute Gasteiger partial charge is 0.257 e. The zero-order valence-corrected chi connectivity index (χ0v) is 14.7. The van der Waals surface area contributed by atoms with Crippen LogP contribution in [-0.4, -0.2) is 21.0 Å². The topological polar surface area (TPSA) is 83.8 Å². The number of hydrogen-bond acceptors (Lipinski definition) is 4. The van der Waals surface area contributed by atoms with E-state index in [1.54, 1.807) is 19.1 Å². The molecule has 0 aliphatic heterocycles. The maximum Gasteiger partial charge on any atom is 0.257 e. The first-order chi connectivity index (χ1) is 12.6. The Hall–Kier alpha value is -3.12. The van der Waals surface area contributed by atoms with Gasteiger partial charge in [-0.3, -0.25) is 4.79 Å². The van der Waals surface area contributed by atoms with Gasteiger partial charge >= 0.3 is 0 Å². The minimum absolute atomic E-state index is 0.264. The second-order valence-electron chi connectivity index (χ2n) is 5.83. The Morgan fingerprint density at radius 3 is 2.77 bits per heavy atom. The number of nitrogens with zero attached hydrogens (tertiary/aromatic N) is 2. The SMILES string of the molecule is Cc1onc(-c2ccccc2Cl)c1C(=O)NCc1nc2ccccc2[nH]1. The van der Waals surface area contributed by atoms with Crippen LogP contribution in [0, 0.1) is 6.92 Å². The van der Waals surface area contributed by atoms with Crippen molar-refractivity contribution in [3.8, 4) is 11.3 Å². The Morgan fingerprint density at radius 1 is 1.19 bits per heavy atom. The monoisotopic (exact) mass is 366 g/mol. The molecule has 2 heterocycles. The molecule has 0 spiro atoms. The van der Waals surface area contributed by atoms with Crippen LogP contribution in [0.3, 0.4) is 0 Å². The fourth-order valence-electron chi connectivity index (χ4n) is 2.82. The van der Waals surface area contributed by atoms with Crippen molar-refractivity contribution in [1.29, 1.82) is 0 Å². The zero-order chi connectivity index (χ0) is 18.1. The molecule has 130 valence electrons. The number of amides is 1. The first kappa shape index (κ1) is 16.4. The summed E-state index contributed by atoms with van der Waals surface area (Å²) in [6.07, 6.45) is 0. The van der Waals surface area contributed by atoms with Crippen molar-refractivity contribution in [2.75, 3.05) is 0 Å². The number of hydrogen-bond donors (Lipinski definition) is 2. The Balaban J connectivity index is 1.59. The van der Waals surface area contributed by atoms with Gasteiger partial charge in [0.2, 0.25) is 0 Å². The lowest BCUT2D eigenvalue weighted by atomic mass is 10.1. The van der Waals surface area contributed by atoms with Crippen LogP contribution in [0.5, 0.6) is 0 Å². The Kier molecular flexibility index (Phi) is 4.18. The van der Waals surface area contributed by atoms with Gasteiger partial charge in [0.1, 0.15) is 22.8 Å². The summed E-state index contributed by atoms with van der Waals surface area (Å²) in [6.45, 7) is 1.96. The molecule has 0 aliphatic rings. The number of H-pyrrole nitrogens is 1. The van der Waals surface area contributed by atoms with Crippen LogP contribution in [0.25, 0.3) is 22.3 Å². The van der Waals surface area contributed by atoms with Crippen molar-refractivity contribution in [3.63, 3.8) is 0 Å². The maximum atomic E-state index is 12.7.